The monoisotopic (exact) mass is 307 g/mol. The average Bonchev–Trinajstić information content (AvgIpc) is 2.66. The number of hydrogen-bond donors (Lipinski definition) is 1. The Morgan fingerprint density at radius 1 is 1.33 bits per heavy atom. The van der Waals surface area contributed by atoms with Gasteiger partial charge in [0.05, 0.1) is 10.7 Å². The number of nitrogens with zero attached hydrogens (tertiary/aromatic N) is 2. The van der Waals surface area contributed by atoms with Crippen LogP contribution in [0.4, 0.5) is 4.39 Å². The summed E-state index contributed by atoms with van der Waals surface area (Å²) < 4.78 is 16.0. The number of nitrogens with one attached hydrogen (secondary N) is 1. The third-order valence-corrected chi connectivity index (χ3v) is 4.24. The number of halogens is 1. The molecular weight excluding hydrogens is 285 g/mol. The Hall–Kier alpha value is -1.33. The van der Waals surface area contributed by atoms with Gasteiger partial charge >= 0.3 is 0 Å². The van der Waals surface area contributed by atoms with Crippen molar-refractivity contribution in [3.05, 3.63) is 41.3 Å². The highest BCUT2D eigenvalue weighted by atomic mass is 32.2. The first kappa shape index (κ1) is 16.0. The maximum Gasteiger partial charge on any atom is 0.128 e. The van der Waals surface area contributed by atoms with Crippen LogP contribution in [0.25, 0.3) is 0 Å². The van der Waals surface area contributed by atoms with Gasteiger partial charge in [-0.05, 0) is 45.9 Å². The van der Waals surface area contributed by atoms with E-state index in [1.807, 2.05) is 30.8 Å². The normalized spacial score (nSPS) is 11.9. The summed E-state index contributed by atoms with van der Waals surface area (Å²) >= 11 is 1.55. The predicted molar refractivity (Wildman–Crippen MR) is 85.1 cm³/mol. The highest BCUT2D eigenvalue weighted by Crippen LogP contribution is 2.32. The van der Waals surface area contributed by atoms with Gasteiger partial charge in [0, 0.05) is 29.6 Å². The molecule has 0 saturated carbocycles. The molecule has 2 aromatic rings. The number of rotatable bonds is 4. The zero-order valence-corrected chi connectivity index (χ0v) is 14.0. The van der Waals surface area contributed by atoms with Crippen molar-refractivity contribution in [2.24, 2.45) is 7.05 Å². The Balaban J connectivity index is 2.27. The highest BCUT2D eigenvalue weighted by molar-refractivity contribution is 7.99. The Kier molecular flexibility index (Phi) is 4.74. The second-order valence-corrected chi connectivity index (χ2v) is 7.23. The molecule has 0 radical (unpaired) electrons. The molecule has 114 valence electrons. The molecule has 2 rings (SSSR count). The van der Waals surface area contributed by atoms with E-state index >= 15 is 0 Å². The minimum atomic E-state index is -0.171. The standard InChI is InChI=1S/C16H22FN3S/c1-11-9-15(20(5)19-11)21-14-8-6-7-13(17)12(14)10-18-16(2,3)4/h6-9,18H,10H2,1-5H3. The zero-order valence-electron chi connectivity index (χ0n) is 13.2. The topological polar surface area (TPSA) is 29.9 Å². The van der Waals surface area contributed by atoms with E-state index in [1.165, 1.54) is 6.07 Å². The SMILES string of the molecule is Cc1cc(Sc2cccc(F)c2CNC(C)(C)C)n(C)n1. The summed E-state index contributed by atoms with van der Waals surface area (Å²) in [6, 6.07) is 7.23. The molecule has 1 heterocycles. The van der Waals surface area contributed by atoms with Gasteiger partial charge in [-0.3, -0.25) is 4.68 Å². The number of aryl methyl sites for hydroxylation is 2. The molecule has 0 unspecified atom stereocenters. The number of hydrogen-bond acceptors (Lipinski definition) is 3. The Bertz CT molecular complexity index is 629. The first-order chi connectivity index (χ1) is 9.76. The molecule has 1 aromatic heterocycles. The minimum Gasteiger partial charge on any atom is -0.308 e. The van der Waals surface area contributed by atoms with Gasteiger partial charge in [0.15, 0.2) is 0 Å². The van der Waals surface area contributed by atoms with Crippen LogP contribution in [0.2, 0.25) is 0 Å². The second kappa shape index (κ2) is 6.20. The van der Waals surface area contributed by atoms with E-state index in [2.05, 4.69) is 31.2 Å². The maximum absolute atomic E-state index is 14.2. The minimum absolute atomic E-state index is 0.0483. The van der Waals surface area contributed by atoms with Crippen LogP contribution in [0.3, 0.4) is 0 Å². The van der Waals surface area contributed by atoms with Crippen LogP contribution < -0.4 is 5.32 Å². The molecule has 1 aromatic carbocycles. The number of aromatic nitrogens is 2. The van der Waals surface area contributed by atoms with E-state index in [4.69, 9.17) is 0 Å². The largest absolute Gasteiger partial charge is 0.308 e. The molecule has 3 nitrogen and oxygen atoms in total. The first-order valence-electron chi connectivity index (χ1n) is 6.97. The molecule has 0 amide bonds. The first-order valence-corrected chi connectivity index (χ1v) is 7.79. The predicted octanol–water partition coefficient (Wildman–Crippen LogP) is 3.91. The van der Waals surface area contributed by atoms with Crippen LogP contribution in [0, 0.1) is 12.7 Å². The quantitative estimate of drug-likeness (QED) is 0.929. The van der Waals surface area contributed by atoms with Crippen LogP contribution in [0.1, 0.15) is 32.0 Å². The highest BCUT2D eigenvalue weighted by Gasteiger charge is 2.15. The lowest BCUT2D eigenvalue weighted by atomic mass is 10.1. The third kappa shape index (κ3) is 4.32. The van der Waals surface area contributed by atoms with Gasteiger partial charge in [0.1, 0.15) is 5.82 Å². The molecule has 0 spiro atoms. The van der Waals surface area contributed by atoms with E-state index in [0.29, 0.717) is 12.1 Å². The third-order valence-electron chi connectivity index (χ3n) is 3.04. The van der Waals surface area contributed by atoms with Crippen LogP contribution >= 0.6 is 11.8 Å². The lowest BCUT2D eigenvalue weighted by Crippen LogP contribution is -2.35. The summed E-state index contributed by atoms with van der Waals surface area (Å²) in [5.74, 6) is -0.171. The van der Waals surface area contributed by atoms with Gasteiger partial charge in [-0.2, -0.15) is 5.10 Å². The van der Waals surface area contributed by atoms with Gasteiger partial charge in [-0.15, -0.1) is 0 Å². The van der Waals surface area contributed by atoms with Crippen molar-refractivity contribution in [3.63, 3.8) is 0 Å². The van der Waals surface area contributed by atoms with Gasteiger partial charge < -0.3 is 5.32 Å². The smallest absolute Gasteiger partial charge is 0.128 e. The zero-order chi connectivity index (χ0) is 15.6. The van der Waals surface area contributed by atoms with Crippen LogP contribution in [-0.4, -0.2) is 15.3 Å². The van der Waals surface area contributed by atoms with Gasteiger partial charge in [0.2, 0.25) is 0 Å². The molecule has 0 aliphatic carbocycles. The van der Waals surface area contributed by atoms with Crippen molar-refractivity contribution in [1.82, 2.24) is 15.1 Å². The molecule has 0 fully saturated rings. The second-order valence-electron chi connectivity index (χ2n) is 6.17. The summed E-state index contributed by atoms with van der Waals surface area (Å²) in [4.78, 5) is 0.926. The van der Waals surface area contributed by atoms with Gasteiger partial charge in [0.25, 0.3) is 0 Å². The molecule has 21 heavy (non-hydrogen) atoms. The van der Waals surface area contributed by atoms with Crippen molar-refractivity contribution in [1.29, 1.82) is 0 Å². The van der Waals surface area contributed by atoms with Crippen molar-refractivity contribution >= 4 is 11.8 Å². The Morgan fingerprint density at radius 2 is 2.05 bits per heavy atom. The van der Waals surface area contributed by atoms with E-state index in [1.54, 1.807) is 17.8 Å². The lowest BCUT2D eigenvalue weighted by molar-refractivity contribution is 0.416. The van der Waals surface area contributed by atoms with Gasteiger partial charge in [-0.25, -0.2) is 4.39 Å². The van der Waals surface area contributed by atoms with Crippen molar-refractivity contribution in [2.45, 2.75) is 49.7 Å². The maximum atomic E-state index is 14.2. The van der Waals surface area contributed by atoms with E-state index in [9.17, 15) is 4.39 Å². The summed E-state index contributed by atoms with van der Waals surface area (Å²) in [6.45, 7) is 8.69. The van der Waals surface area contributed by atoms with E-state index < -0.39 is 0 Å². The number of benzene rings is 1. The summed E-state index contributed by atoms with van der Waals surface area (Å²) in [5, 5.41) is 8.69. The molecule has 0 atom stereocenters. The van der Waals surface area contributed by atoms with Crippen LogP contribution in [-0.2, 0) is 13.6 Å². The summed E-state index contributed by atoms with van der Waals surface area (Å²) in [6.07, 6.45) is 0. The molecule has 0 bridgehead atoms. The van der Waals surface area contributed by atoms with Gasteiger partial charge in [-0.1, -0.05) is 17.8 Å². The molecule has 0 aliphatic rings. The Labute approximate surface area is 129 Å². The van der Waals surface area contributed by atoms with Crippen LogP contribution in [0.15, 0.2) is 34.2 Å². The average molecular weight is 307 g/mol. The summed E-state index contributed by atoms with van der Waals surface area (Å²) in [5.41, 5.74) is 1.62. The molecule has 5 heteroatoms. The fourth-order valence-corrected chi connectivity index (χ4v) is 3.02. The van der Waals surface area contributed by atoms with Crippen molar-refractivity contribution in [2.75, 3.05) is 0 Å². The summed E-state index contributed by atoms with van der Waals surface area (Å²) in [7, 11) is 1.90. The van der Waals surface area contributed by atoms with E-state index in [0.717, 1.165) is 15.6 Å². The van der Waals surface area contributed by atoms with E-state index in [-0.39, 0.29) is 11.4 Å². The fourth-order valence-electron chi connectivity index (χ4n) is 1.95. The molecular formula is C16H22FN3S. The Morgan fingerprint density at radius 3 is 2.62 bits per heavy atom. The molecule has 1 N–H and O–H groups in total. The van der Waals surface area contributed by atoms with Crippen molar-refractivity contribution in [3.8, 4) is 0 Å². The van der Waals surface area contributed by atoms with Crippen LogP contribution in [0.5, 0.6) is 0 Å². The van der Waals surface area contributed by atoms with Crippen molar-refractivity contribution < 1.29 is 4.39 Å². The lowest BCUT2D eigenvalue weighted by Gasteiger charge is -2.21. The molecule has 0 aliphatic heterocycles. The fraction of sp³-hybridized carbons (Fsp3) is 0.438. The molecule has 0 saturated heterocycles.